The van der Waals surface area contributed by atoms with Crippen molar-refractivity contribution in [2.24, 2.45) is 0 Å². The molecular weight excluding hydrogens is 344 g/mol. The Balaban J connectivity index is 1.73. The Kier molecular flexibility index (Phi) is 10.9. The molecule has 0 atom stereocenters. The zero-order chi connectivity index (χ0) is 19.9. The average molecular weight is 381 g/mol. The van der Waals surface area contributed by atoms with E-state index in [0.29, 0.717) is 0 Å². The molecule has 152 valence electrons. The fourth-order valence-corrected chi connectivity index (χ4v) is 2.98. The third-order valence-corrected chi connectivity index (χ3v) is 4.76. The number of hydrogen-bond donors (Lipinski definition) is 0. The third kappa shape index (κ3) is 9.12. The Morgan fingerprint density at radius 3 is 1.29 bits per heavy atom. The van der Waals surface area contributed by atoms with Gasteiger partial charge in [0.05, 0.1) is 13.2 Å². The largest absolute Gasteiger partial charge is 0.494 e. The van der Waals surface area contributed by atoms with Crippen molar-refractivity contribution >= 4 is 12.2 Å². The van der Waals surface area contributed by atoms with Crippen molar-refractivity contribution in [3.8, 4) is 11.5 Å². The fraction of sp³-hybridized carbons (Fsp3) is 0.462. The molecule has 2 aromatic carbocycles. The predicted molar refractivity (Wildman–Crippen MR) is 121 cm³/mol. The number of hydrogen-bond acceptors (Lipinski definition) is 2. The van der Waals surface area contributed by atoms with Crippen LogP contribution in [-0.2, 0) is 0 Å². The molecule has 2 heteroatoms. The van der Waals surface area contributed by atoms with E-state index in [1.54, 1.807) is 0 Å². The normalized spacial score (nSPS) is 11.1. The maximum Gasteiger partial charge on any atom is 0.119 e. The summed E-state index contributed by atoms with van der Waals surface area (Å²) in [6.07, 6.45) is 14.1. The van der Waals surface area contributed by atoms with Crippen molar-refractivity contribution in [1.82, 2.24) is 0 Å². The smallest absolute Gasteiger partial charge is 0.119 e. The molecule has 28 heavy (non-hydrogen) atoms. The van der Waals surface area contributed by atoms with E-state index in [0.717, 1.165) is 37.6 Å². The highest BCUT2D eigenvalue weighted by molar-refractivity contribution is 5.70. The second kappa shape index (κ2) is 13.9. The molecule has 0 fully saturated rings. The Morgan fingerprint density at radius 1 is 0.536 bits per heavy atom. The van der Waals surface area contributed by atoms with Crippen LogP contribution in [0.1, 0.15) is 76.3 Å². The van der Waals surface area contributed by atoms with Gasteiger partial charge in [0, 0.05) is 0 Å². The summed E-state index contributed by atoms with van der Waals surface area (Å²) in [7, 11) is 0. The average Bonchev–Trinajstić information content (AvgIpc) is 2.74. The molecule has 0 spiro atoms. The number of unbranched alkanes of at least 4 members (excludes halogenated alkanes) is 6. The molecule has 0 saturated heterocycles. The first-order valence-electron chi connectivity index (χ1n) is 11.0. The second-order valence-corrected chi connectivity index (χ2v) is 7.29. The van der Waals surface area contributed by atoms with E-state index in [1.807, 2.05) is 0 Å². The van der Waals surface area contributed by atoms with Crippen LogP contribution in [0.4, 0.5) is 0 Å². The minimum Gasteiger partial charge on any atom is -0.494 e. The highest BCUT2D eigenvalue weighted by Crippen LogP contribution is 2.17. The summed E-state index contributed by atoms with van der Waals surface area (Å²) in [4.78, 5) is 0. The number of rotatable bonds is 14. The first-order chi connectivity index (χ1) is 13.8. The quantitative estimate of drug-likeness (QED) is 0.246. The summed E-state index contributed by atoms with van der Waals surface area (Å²) in [6, 6.07) is 16.6. The molecule has 0 N–H and O–H groups in total. The Bertz CT molecular complexity index is 596. The van der Waals surface area contributed by atoms with Gasteiger partial charge in [-0.1, -0.05) is 88.8 Å². The molecule has 0 aliphatic carbocycles. The van der Waals surface area contributed by atoms with E-state index in [9.17, 15) is 0 Å². The highest BCUT2D eigenvalue weighted by Gasteiger charge is 1.96. The van der Waals surface area contributed by atoms with E-state index in [-0.39, 0.29) is 0 Å². The van der Waals surface area contributed by atoms with Crippen LogP contribution < -0.4 is 9.47 Å². The van der Waals surface area contributed by atoms with Gasteiger partial charge in [-0.2, -0.15) is 0 Å². The van der Waals surface area contributed by atoms with E-state index in [4.69, 9.17) is 9.47 Å². The fourth-order valence-electron chi connectivity index (χ4n) is 2.98. The van der Waals surface area contributed by atoms with Crippen LogP contribution in [0.5, 0.6) is 11.5 Å². The van der Waals surface area contributed by atoms with Crippen molar-refractivity contribution in [2.45, 2.75) is 65.2 Å². The van der Waals surface area contributed by atoms with Crippen molar-refractivity contribution < 1.29 is 9.47 Å². The molecule has 2 rings (SSSR count). The summed E-state index contributed by atoms with van der Waals surface area (Å²) < 4.78 is 11.6. The first kappa shape index (κ1) is 22.1. The van der Waals surface area contributed by atoms with Crippen molar-refractivity contribution in [3.63, 3.8) is 0 Å². The van der Waals surface area contributed by atoms with E-state index >= 15 is 0 Å². The Morgan fingerprint density at radius 2 is 0.929 bits per heavy atom. The van der Waals surface area contributed by atoms with Gasteiger partial charge in [0.1, 0.15) is 11.5 Å². The lowest BCUT2D eigenvalue weighted by Gasteiger charge is -2.06. The summed E-state index contributed by atoms with van der Waals surface area (Å²) in [6.45, 7) is 6.07. The van der Waals surface area contributed by atoms with Gasteiger partial charge in [0.2, 0.25) is 0 Å². The highest BCUT2D eigenvalue weighted by atomic mass is 16.5. The van der Waals surface area contributed by atoms with Gasteiger partial charge in [-0.3, -0.25) is 0 Å². The molecule has 2 aromatic rings. The lowest BCUT2D eigenvalue weighted by Crippen LogP contribution is -1.97. The van der Waals surface area contributed by atoms with Crippen LogP contribution in [0.25, 0.3) is 12.2 Å². The van der Waals surface area contributed by atoms with Crippen molar-refractivity contribution in [2.75, 3.05) is 13.2 Å². The Hall–Kier alpha value is -2.22. The Labute approximate surface area is 171 Å². The third-order valence-electron chi connectivity index (χ3n) is 4.76. The SMILES string of the molecule is CCCCCCOc1ccc(/C=C/c2ccc(OCCCCCC)cc2)cc1. The van der Waals surface area contributed by atoms with Crippen LogP contribution in [0.15, 0.2) is 48.5 Å². The summed E-state index contributed by atoms with van der Waals surface area (Å²) in [5, 5.41) is 0. The van der Waals surface area contributed by atoms with Crippen LogP contribution >= 0.6 is 0 Å². The molecule has 0 aromatic heterocycles. The van der Waals surface area contributed by atoms with Crippen molar-refractivity contribution in [3.05, 3.63) is 59.7 Å². The molecule has 0 saturated carbocycles. The summed E-state index contributed by atoms with van der Waals surface area (Å²) >= 11 is 0. The van der Waals surface area contributed by atoms with E-state index < -0.39 is 0 Å². The lowest BCUT2D eigenvalue weighted by molar-refractivity contribution is 0.305. The number of ether oxygens (including phenoxy) is 2. The van der Waals surface area contributed by atoms with E-state index in [2.05, 4.69) is 74.5 Å². The van der Waals surface area contributed by atoms with Gasteiger partial charge >= 0.3 is 0 Å². The summed E-state index contributed by atoms with van der Waals surface area (Å²) in [5.41, 5.74) is 2.35. The predicted octanol–water partition coefficient (Wildman–Crippen LogP) is 7.78. The molecular formula is C26H36O2. The second-order valence-electron chi connectivity index (χ2n) is 7.29. The maximum atomic E-state index is 5.80. The molecule has 0 amide bonds. The minimum atomic E-state index is 0.808. The minimum absolute atomic E-state index is 0.808. The van der Waals surface area contributed by atoms with Crippen LogP contribution in [0, 0.1) is 0 Å². The van der Waals surface area contributed by atoms with Gasteiger partial charge < -0.3 is 9.47 Å². The molecule has 0 heterocycles. The van der Waals surface area contributed by atoms with Crippen molar-refractivity contribution in [1.29, 1.82) is 0 Å². The van der Waals surface area contributed by atoms with E-state index in [1.165, 1.54) is 49.7 Å². The number of benzene rings is 2. The molecule has 0 unspecified atom stereocenters. The summed E-state index contributed by atoms with van der Waals surface area (Å²) in [5.74, 6) is 1.91. The zero-order valence-electron chi connectivity index (χ0n) is 17.7. The lowest BCUT2D eigenvalue weighted by atomic mass is 10.1. The molecule has 0 aliphatic heterocycles. The first-order valence-corrected chi connectivity index (χ1v) is 11.0. The van der Waals surface area contributed by atoms with Gasteiger partial charge in [0.15, 0.2) is 0 Å². The maximum absolute atomic E-state index is 5.80. The van der Waals surface area contributed by atoms with Crippen LogP contribution in [0.3, 0.4) is 0 Å². The van der Waals surface area contributed by atoms with Gasteiger partial charge in [0.25, 0.3) is 0 Å². The van der Waals surface area contributed by atoms with Gasteiger partial charge in [-0.15, -0.1) is 0 Å². The van der Waals surface area contributed by atoms with Gasteiger partial charge in [-0.25, -0.2) is 0 Å². The molecule has 0 radical (unpaired) electrons. The zero-order valence-corrected chi connectivity index (χ0v) is 17.7. The van der Waals surface area contributed by atoms with Gasteiger partial charge in [-0.05, 0) is 48.2 Å². The van der Waals surface area contributed by atoms with Crippen LogP contribution in [-0.4, -0.2) is 13.2 Å². The standard InChI is InChI=1S/C26H36O2/c1-3-5-7-9-21-27-25-17-13-23(14-18-25)11-12-24-15-19-26(20-16-24)28-22-10-8-6-4-2/h11-20H,3-10,21-22H2,1-2H3/b12-11+. The molecule has 0 bridgehead atoms. The molecule has 2 nitrogen and oxygen atoms in total. The topological polar surface area (TPSA) is 18.5 Å². The molecule has 0 aliphatic rings. The monoisotopic (exact) mass is 380 g/mol. The van der Waals surface area contributed by atoms with Crippen LogP contribution in [0.2, 0.25) is 0 Å².